The number of thiophene rings is 1. The minimum atomic E-state index is 0.415. The van der Waals surface area contributed by atoms with Crippen LogP contribution >= 0.6 is 11.3 Å². The van der Waals surface area contributed by atoms with Gasteiger partial charge in [-0.1, -0.05) is 31.6 Å². The molecule has 1 aromatic heterocycles. The van der Waals surface area contributed by atoms with Crippen LogP contribution in [0.4, 0.5) is 0 Å². The molecule has 88 valence electrons. The van der Waals surface area contributed by atoms with Gasteiger partial charge in [-0.2, -0.15) is 0 Å². The van der Waals surface area contributed by atoms with Crippen LogP contribution in [-0.4, -0.2) is 13.2 Å². The van der Waals surface area contributed by atoms with E-state index in [0.717, 1.165) is 18.6 Å². The van der Waals surface area contributed by atoms with E-state index in [0.29, 0.717) is 13.2 Å². The van der Waals surface area contributed by atoms with Gasteiger partial charge in [-0.15, -0.1) is 11.3 Å². The van der Waals surface area contributed by atoms with Crippen LogP contribution in [0.5, 0.6) is 0 Å². The Morgan fingerprint density at radius 2 is 2.31 bits per heavy atom. The molecular formula is C13H19NOS. The molecule has 0 bridgehead atoms. The molecule has 0 aliphatic rings. The highest BCUT2D eigenvalue weighted by Crippen LogP contribution is 2.15. The van der Waals surface area contributed by atoms with Crippen LogP contribution in [0.3, 0.4) is 0 Å². The number of hydrogen-bond donors (Lipinski definition) is 1. The normalized spacial score (nSPS) is 9.88. The van der Waals surface area contributed by atoms with E-state index in [4.69, 9.17) is 10.5 Å². The molecule has 0 atom stereocenters. The lowest BCUT2D eigenvalue weighted by molar-refractivity contribution is 0.119. The maximum Gasteiger partial charge on any atom is 0.0809 e. The van der Waals surface area contributed by atoms with Crippen molar-refractivity contribution in [2.45, 2.75) is 32.8 Å². The minimum absolute atomic E-state index is 0.415. The minimum Gasteiger partial charge on any atom is -0.376 e. The molecule has 16 heavy (non-hydrogen) atoms. The molecule has 0 amide bonds. The number of rotatable bonds is 6. The van der Waals surface area contributed by atoms with E-state index in [2.05, 4.69) is 24.8 Å². The molecule has 0 aliphatic heterocycles. The first-order chi connectivity index (χ1) is 7.86. The van der Waals surface area contributed by atoms with E-state index in [1.807, 2.05) is 5.38 Å². The van der Waals surface area contributed by atoms with Crippen LogP contribution in [0.15, 0.2) is 11.4 Å². The molecule has 0 spiro atoms. The van der Waals surface area contributed by atoms with Gasteiger partial charge in [0.05, 0.1) is 13.2 Å². The first-order valence-electron chi connectivity index (χ1n) is 5.71. The Morgan fingerprint density at radius 3 is 3.06 bits per heavy atom. The van der Waals surface area contributed by atoms with Crippen molar-refractivity contribution < 1.29 is 4.74 Å². The van der Waals surface area contributed by atoms with E-state index in [-0.39, 0.29) is 0 Å². The van der Waals surface area contributed by atoms with Crippen molar-refractivity contribution in [3.63, 3.8) is 0 Å². The van der Waals surface area contributed by atoms with Gasteiger partial charge in [0.1, 0.15) is 0 Å². The Hall–Kier alpha value is -0.820. The summed E-state index contributed by atoms with van der Waals surface area (Å²) in [6.45, 7) is 4.18. The smallest absolute Gasteiger partial charge is 0.0809 e. The van der Waals surface area contributed by atoms with Gasteiger partial charge >= 0.3 is 0 Å². The van der Waals surface area contributed by atoms with E-state index in [9.17, 15) is 0 Å². The maximum atomic E-state index is 5.58. The van der Waals surface area contributed by atoms with Gasteiger partial charge < -0.3 is 10.5 Å². The van der Waals surface area contributed by atoms with Crippen LogP contribution in [0, 0.1) is 11.8 Å². The molecule has 3 heteroatoms. The van der Waals surface area contributed by atoms with E-state index >= 15 is 0 Å². The third kappa shape index (κ3) is 5.32. The highest BCUT2D eigenvalue weighted by molar-refractivity contribution is 7.10. The number of hydrogen-bond acceptors (Lipinski definition) is 3. The van der Waals surface area contributed by atoms with E-state index in [1.165, 1.54) is 17.7 Å². The zero-order chi connectivity index (χ0) is 11.6. The topological polar surface area (TPSA) is 35.2 Å². The van der Waals surface area contributed by atoms with Crippen LogP contribution in [0.25, 0.3) is 0 Å². The van der Waals surface area contributed by atoms with Gasteiger partial charge in [-0.05, 0) is 12.5 Å². The lowest BCUT2D eigenvalue weighted by atomic mass is 10.3. The highest BCUT2D eigenvalue weighted by Gasteiger charge is 1.97. The average Bonchev–Trinajstić information content (AvgIpc) is 2.74. The highest BCUT2D eigenvalue weighted by atomic mass is 32.1. The molecule has 0 radical (unpaired) electrons. The zero-order valence-electron chi connectivity index (χ0n) is 9.79. The monoisotopic (exact) mass is 237 g/mol. The van der Waals surface area contributed by atoms with Gasteiger partial charge in [0, 0.05) is 22.4 Å². The van der Waals surface area contributed by atoms with Gasteiger partial charge in [0.15, 0.2) is 0 Å². The van der Waals surface area contributed by atoms with Gasteiger partial charge in [-0.3, -0.25) is 0 Å². The van der Waals surface area contributed by atoms with Crippen LogP contribution in [0.2, 0.25) is 0 Å². The molecule has 1 rings (SSSR count). The first-order valence-corrected chi connectivity index (χ1v) is 6.59. The summed E-state index contributed by atoms with van der Waals surface area (Å²) in [5.74, 6) is 5.86. The van der Waals surface area contributed by atoms with Crippen molar-refractivity contribution in [1.82, 2.24) is 0 Å². The zero-order valence-corrected chi connectivity index (χ0v) is 10.6. The van der Waals surface area contributed by atoms with Gasteiger partial charge in [-0.25, -0.2) is 0 Å². The second-order valence-electron chi connectivity index (χ2n) is 3.57. The Labute approximate surface area is 102 Å². The van der Waals surface area contributed by atoms with Crippen molar-refractivity contribution in [2.75, 3.05) is 13.2 Å². The molecule has 0 saturated carbocycles. The van der Waals surface area contributed by atoms with Crippen molar-refractivity contribution in [1.29, 1.82) is 0 Å². The SMILES string of the molecule is CCCCCOCc1cc(C#CCN)cs1. The summed E-state index contributed by atoms with van der Waals surface area (Å²) in [6, 6.07) is 2.08. The van der Waals surface area contributed by atoms with E-state index < -0.39 is 0 Å². The predicted octanol–water partition coefficient (Wildman–Crippen LogP) is 2.77. The Morgan fingerprint density at radius 1 is 1.44 bits per heavy atom. The summed E-state index contributed by atoms with van der Waals surface area (Å²) < 4.78 is 5.58. The molecule has 1 aromatic rings. The third-order valence-corrected chi connectivity index (χ3v) is 3.04. The fraction of sp³-hybridized carbons (Fsp3) is 0.538. The second-order valence-corrected chi connectivity index (χ2v) is 4.56. The standard InChI is InChI=1S/C13H19NOS/c1-2-3-4-8-15-10-13-9-12(11-16-13)6-5-7-14/h9,11H,2-4,7-8,10,14H2,1H3. The largest absolute Gasteiger partial charge is 0.376 e. The fourth-order valence-corrected chi connectivity index (χ4v) is 2.05. The molecule has 0 fully saturated rings. The van der Waals surface area contributed by atoms with E-state index in [1.54, 1.807) is 11.3 Å². The molecule has 2 nitrogen and oxygen atoms in total. The average molecular weight is 237 g/mol. The molecular weight excluding hydrogens is 218 g/mol. The van der Waals surface area contributed by atoms with Crippen molar-refractivity contribution in [2.24, 2.45) is 5.73 Å². The molecule has 0 unspecified atom stereocenters. The van der Waals surface area contributed by atoms with Crippen LogP contribution < -0.4 is 5.73 Å². The number of unbranched alkanes of at least 4 members (excludes halogenated alkanes) is 2. The molecule has 2 N–H and O–H groups in total. The van der Waals surface area contributed by atoms with Gasteiger partial charge in [0.25, 0.3) is 0 Å². The quantitative estimate of drug-likeness (QED) is 0.610. The summed E-state index contributed by atoms with van der Waals surface area (Å²) in [5.41, 5.74) is 6.36. The second kappa shape index (κ2) is 8.35. The van der Waals surface area contributed by atoms with Gasteiger partial charge in [0.2, 0.25) is 0 Å². The molecule has 1 heterocycles. The fourth-order valence-electron chi connectivity index (χ4n) is 1.30. The maximum absolute atomic E-state index is 5.58. The third-order valence-electron chi connectivity index (χ3n) is 2.13. The number of ether oxygens (including phenoxy) is 1. The summed E-state index contributed by atoms with van der Waals surface area (Å²) in [7, 11) is 0. The molecule has 0 aliphatic carbocycles. The lowest BCUT2D eigenvalue weighted by Crippen LogP contribution is -1.93. The summed E-state index contributed by atoms with van der Waals surface area (Å²) in [6.07, 6.45) is 3.64. The summed E-state index contributed by atoms with van der Waals surface area (Å²) in [4.78, 5) is 1.23. The van der Waals surface area contributed by atoms with Crippen molar-refractivity contribution in [3.8, 4) is 11.8 Å². The molecule has 0 aromatic carbocycles. The Kier molecular flexibility index (Phi) is 6.91. The molecule has 0 saturated heterocycles. The number of nitrogens with two attached hydrogens (primary N) is 1. The van der Waals surface area contributed by atoms with Crippen LogP contribution in [0.1, 0.15) is 36.6 Å². The lowest BCUT2D eigenvalue weighted by Gasteiger charge is -2.00. The summed E-state index contributed by atoms with van der Waals surface area (Å²) in [5, 5.41) is 2.05. The summed E-state index contributed by atoms with van der Waals surface area (Å²) >= 11 is 1.70. The van der Waals surface area contributed by atoms with Crippen molar-refractivity contribution in [3.05, 3.63) is 21.9 Å². The predicted molar refractivity (Wildman–Crippen MR) is 69.4 cm³/mol. The first kappa shape index (κ1) is 13.2. The van der Waals surface area contributed by atoms with Crippen molar-refractivity contribution >= 4 is 11.3 Å². The Balaban J connectivity index is 2.24. The van der Waals surface area contributed by atoms with Crippen LogP contribution in [-0.2, 0) is 11.3 Å². The Bertz CT molecular complexity index is 348.